The minimum atomic E-state index is -0.253. The fourth-order valence-corrected chi connectivity index (χ4v) is 1.53. The van der Waals surface area contributed by atoms with Crippen LogP contribution in [0.5, 0.6) is 0 Å². The molecule has 0 saturated carbocycles. The summed E-state index contributed by atoms with van der Waals surface area (Å²) in [6, 6.07) is 5.23. The molecular formula is C11H15BrN2O. The quantitative estimate of drug-likeness (QED) is 0.771. The molecule has 0 aliphatic rings. The Bertz CT molecular complexity index is 383. The van der Waals surface area contributed by atoms with Crippen molar-refractivity contribution in [2.45, 2.75) is 26.3 Å². The van der Waals surface area contributed by atoms with Gasteiger partial charge in [0.25, 0.3) is 5.91 Å². The van der Waals surface area contributed by atoms with E-state index in [1.807, 2.05) is 20.8 Å². The molecule has 1 amide bonds. The zero-order valence-electron chi connectivity index (χ0n) is 9.10. The zero-order chi connectivity index (χ0) is 11.6. The number of amides is 1. The van der Waals surface area contributed by atoms with Gasteiger partial charge in [-0.2, -0.15) is 0 Å². The van der Waals surface area contributed by atoms with E-state index in [1.165, 1.54) is 0 Å². The number of nitrogens with two attached hydrogens (primary N) is 1. The summed E-state index contributed by atoms with van der Waals surface area (Å²) in [5.74, 6) is -0.146. The smallest absolute Gasteiger partial charge is 0.253 e. The average molecular weight is 271 g/mol. The van der Waals surface area contributed by atoms with Crippen molar-refractivity contribution in [3.8, 4) is 0 Å². The summed E-state index contributed by atoms with van der Waals surface area (Å²) >= 11 is 3.30. The molecule has 3 N–H and O–H groups in total. The number of hydrogen-bond donors (Lipinski definition) is 2. The lowest BCUT2D eigenvalue weighted by molar-refractivity contribution is 0.0920. The third-order valence-electron chi connectivity index (χ3n) is 1.75. The summed E-state index contributed by atoms with van der Waals surface area (Å²) in [6.45, 7) is 5.79. The summed E-state index contributed by atoms with van der Waals surface area (Å²) in [4.78, 5) is 11.8. The van der Waals surface area contributed by atoms with Gasteiger partial charge in [-0.1, -0.05) is 15.9 Å². The number of hydrogen-bond acceptors (Lipinski definition) is 2. The van der Waals surface area contributed by atoms with Crippen molar-refractivity contribution in [3.63, 3.8) is 0 Å². The van der Waals surface area contributed by atoms with Crippen LogP contribution in [-0.4, -0.2) is 11.4 Å². The van der Waals surface area contributed by atoms with Crippen LogP contribution in [0.1, 0.15) is 31.1 Å². The van der Waals surface area contributed by atoms with Gasteiger partial charge in [-0.25, -0.2) is 0 Å². The van der Waals surface area contributed by atoms with Crippen LogP contribution in [0.4, 0.5) is 5.69 Å². The topological polar surface area (TPSA) is 55.1 Å². The molecule has 0 aliphatic carbocycles. The first-order chi connectivity index (χ1) is 6.79. The van der Waals surface area contributed by atoms with Crippen molar-refractivity contribution >= 4 is 27.5 Å². The molecule has 0 aliphatic heterocycles. The lowest BCUT2D eigenvalue weighted by Crippen LogP contribution is -2.40. The molecule has 0 fully saturated rings. The monoisotopic (exact) mass is 270 g/mol. The van der Waals surface area contributed by atoms with Gasteiger partial charge in [-0.05, 0) is 39.0 Å². The largest absolute Gasteiger partial charge is 0.398 e. The summed E-state index contributed by atoms with van der Waals surface area (Å²) in [5.41, 5.74) is 6.48. The van der Waals surface area contributed by atoms with E-state index in [0.29, 0.717) is 11.3 Å². The maximum atomic E-state index is 11.8. The Hall–Kier alpha value is -1.03. The number of benzene rings is 1. The Balaban J connectivity index is 2.92. The second-order valence-corrected chi connectivity index (χ2v) is 5.35. The number of nitrogen functional groups attached to an aromatic ring is 1. The van der Waals surface area contributed by atoms with Crippen molar-refractivity contribution in [2.75, 3.05) is 5.73 Å². The number of carbonyl (C=O) groups is 1. The van der Waals surface area contributed by atoms with Gasteiger partial charge in [-0.3, -0.25) is 4.79 Å². The minimum absolute atomic E-state index is 0.146. The molecule has 0 unspecified atom stereocenters. The first-order valence-corrected chi connectivity index (χ1v) is 5.46. The first kappa shape index (κ1) is 12.0. The molecule has 0 aromatic heterocycles. The van der Waals surface area contributed by atoms with Gasteiger partial charge in [-0.15, -0.1) is 0 Å². The molecule has 0 heterocycles. The molecule has 0 bridgehead atoms. The molecule has 0 spiro atoms. The van der Waals surface area contributed by atoms with Gasteiger partial charge in [0.05, 0.1) is 5.56 Å². The van der Waals surface area contributed by atoms with E-state index in [1.54, 1.807) is 18.2 Å². The molecule has 1 aromatic rings. The highest BCUT2D eigenvalue weighted by atomic mass is 79.9. The van der Waals surface area contributed by atoms with Crippen LogP contribution in [0.25, 0.3) is 0 Å². The number of nitrogens with one attached hydrogen (secondary N) is 1. The predicted octanol–water partition coefficient (Wildman–Crippen LogP) is 2.56. The van der Waals surface area contributed by atoms with Gasteiger partial charge in [0, 0.05) is 15.7 Å². The first-order valence-electron chi connectivity index (χ1n) is 4.67. The van der Waals surface area contributed by atoms with Crippen LogP contribution in [0.2, 0.25) is 0 Å². The molecule has 82 valence electrons. The lowest BCUT2D eigenvalue weighted by Gasteiger charge is -2.21. The molecule has 15 heavy (non-hydrogen) atoms. The summed E-state index contributed by atoms with van der Waals surface area (Å²) in [7, 11) is 0. The number of anilines is 1. The van der Waals surface area contributed by atoms with Crippen LogP contribution in [0.3, 0.4) is 0 Å². The predicted molar refractivity (Wildman–Crippen MR) is 65.8 cm³/mol. The maximum absolute atomic E-state index is 11.8. The van der Waals surface area contributed by atoms with Gasteiger partial charge in [0.15, 0.2) is 0 Å². The Morgan fingerprint density at radius 1 is 1.40 bits per heavy atom. The van der Waals surface area contributed by atoms with E-state index in [9.17, 15) is 4.79 Å². The van der Waals surface area contributed by atoms with E-state index in [-0.39, 0.29) is 11.4 Å². The van der Waals surface area contributed by atoms with E-state index < -0.39 is 0 Å². The van der Waals surface area contributed by atoms with Crippen LogP contribution >= 0.6 is 15.9 Å². The van der Waals surface area contributed by atoms with Crippen molar-refractivity contribution in [1.29, 1.82) is 0 Å². The fraction of sp³-hybridized carbons (Fsp3) is 0.364. The van der Waals surface area contributed by atoms with Crippen molar-refractivity contribution < 1.29 is 4.79 Å². The van der Waals surface area contributed by atoms with Gasteiger partial charge in [0.2, 0.25) is 0 Å². The van der Waals surface area contributed by atoms with Crippen molar-refractivity contribution in [1.82, 2.24) is 5.32 Å². The van der Waals surface area contributed by atoms with E-state index in [2.05, 4.69) is 21.2 Å². The Kier molecular flexibility index (Phi) is 3.39. The number of halogens is 1. The molecule has 4 heteroatoms. The lowest BCUT2D eigenvalue weighted by atomic mass is 10.1. The van der Waals surface area contributed by atoms with Crippen LogP contribution in [0.15, 0.2) is 22.7 Å². The van der Waals surface area contributed by atoms with Crippen LogP contribution in [-0.2, 0) is 0 Å². The normalized spacial score (nSPS) is 11.2. The summed E-state index contributed by atoms with van der Waals surface area (Å²) in [5, 5.41) is 2.86. The molecule has 3 nitrogen and oxygen atoms in total. The second-order valence-electron chi connectivity index (χ2n) is 4.44. The Labute approximate surface area is 98.2 Å². The maximum Gasteiger partial charge on any atom is 0.253 e. The average Bonchev–Trinajstić information content (AvgIpc) is 1.99. The Morgan fingerprint density at radius 2 is 2.00 bits per heavy atom. The molecule has 1 rings (SSSR count). The Morgan fingerprint density at radius 3 is 2.47 bits per heavy atom. The zero-order valence-corrected chi connectivity index (χ0v) is 10.7. The third-order valence-corrected chi connectivity index (χ3v) is 2.24. The number of rotatable bonds is 1. The summed E-state index contributed by atoms with van der Waals surface area (Å²) in [6.07, 6.45) is 0. The van der Waals surface area contributed by atoms with Gasteiger partial charge >= 0.3 is 0 Å². The molecule has 0 atom stereocenters. The van der Waals surface area contributed by atoms with Crippen molar-refractivity contribution in [2.24, 2.45) is 0 Å². The highest BCUT2D eigenvalue weighted by molar-refractivity contribution is 9.10. The molecule has 0 saturated heterocycles. The standard InChI is InChI=1S/C11H15BrN2O/c1-11(2,3)14-10(15)8-5-4-7(12)6-9(8)13/h4-6H,13H2,1-3H3,(H,14,15). The van der Waals surface area contributed by atoms with Gasteiger partial charge in [0.1, 0.15) is 0 Å². The summed E-state index contributed by atoms with van der Waals surface area (Å²) < 4.78 is 0.868. The molecule has 1 aromatic carbocycles. The molecule has 0 radical (unpaired) electrons. The van der Waals surface area contributed by atoms with E-state index in [0.717, 1.165) is 4.47 Å². The number of carbonyl (C=O) groups excluding carboxylic acids is 1. The van der Waals surface area contributed by atoms with Crippen LogP contribution in [0, 0.1) is 0 Å². The molecular weight excluding hydrogens is 256 g/mol. The fourth-order valence-electron chi connectivity index (χ4n) is 1.15. The third kappa shape index (κ3) is 3.55. The SMILES string of the molecule is CC(C)(C)NC(=O)c1ccc(Br)cc1N. The van der Waals surface area contributed by atoms with Gasteiger partial charge < -0.3 is 11.1 Å². The second kappa shape index (κ2) is 4.23. The van der Waals surface area contributed by atoms with E-state index >= 15 is 0 Å². The highest BCUT2D eigenvalue weighted by Crippen LogP contribution is 2.19. The van der Waals surface area contributed by atoms with E-state index in [4.69, 9.17) is 5.73 Å². The van der Waals surface area contributed by atoms with Crippen LogP contribution < -0.4 is 11.1 Å². The van der Waals surface area contributed by atoms with Crippen molar-refractivity contribution in [3.05, 3.63) is 28.2 Å². The minimum Gasteiger partial charge on any atom is -0.398 e. The highest BCUT2D eigenvalue weighted by Gasteiger charge is 2.16.